The summed E-state index contributed by atoms with van der Waals surface area (Å²) in [6.07, 6.45) is 1.74. The van der Waals surface area contributed by atoms with E-state index in [1.165, 1.54) is 6.07 Å². The molecule has 0 radical (unpaired) electrons. The van der Waals surface area contributed by atoms with E-state index < -0.39 is 17.9 Å². The van der Waals surface area contributed by atoms with E-state index in [-0.39, 0.29) is 17.2 Å². The van der Waals surface area contributed by atoms with E-state index in [1.807, 2.05) is 18.4 Å². The number of rotatable bonds is 7. The zero-order valence-electron chi connectivity index (χ0n) is 16.4. The van der Waals surface area contributed by atoms with Crippen LogP contribution in [0, 0.1) is 0 Å². The van der Waals surface area contributed by atoms with Crippen molar-refractivity contribution in [1.29, 1.82) is 0 Å². The summed E-state index contributed by atoms with van der Waals surface area (Å²) in [5.41, 5.74) is 7.64. The molecule has 2 aromatic carbocycles. The molecule has 1 unspecified atom stereocenters. The fraction of sp³-hybridized carbons (Fsp3) is 0.182. The van der Waals surface area contributed by atoms with E-state index in [1.54, 1.807) is 48.7 Å². The van der Waals surface area contributed by atoms with Crippen molar-refractivity contribution in [3.8, 4) is 0 Å². The maximum atomic E-state index is 12.0. The summed E-state index contributed by atoms with van der Waals surface area (Å²) in [6, 6.07) is 12.7. The van der Waals surface area contributed by atoms with Crippen LogP contribution in [0.1, 0.15) is 57.9 Å². The summed E-state index contributed by atoms with van der Waals surface area (Å²) < 4.78 is 1.88. The molecule has 1 aromatic heterocycles. The monoisotopic (exact) mass is 445 g/mol. The van der Waals surface area contributed by atoms with Crippen molar-refractivity contribution in [2.24, 2.45) is 5.73 Å². The van der Waals surface area contributed by atoms with Crippen LogP contribution in [0.2, 0.25) is 10.0 Å². The van der Waals surface area contributed by atoms with Crippen LogP contribution in [0.4, 0.5) is 5.69 Å². The lowest BCUT2D eigenvalue weighted by Crippen LogP contribution is -2.22. The van der Waals surface area contributed by atoms with Crippen molar-refractivity contribution in [3.05, 3.63) is 87.2 Å². The number of carboxylic acids is 1. The Balaban J connectivity index is 2.23. The predicted molar refractivity (Wildman–Crippen MR) is 119 cm³/mol. The van der Waals surface area contributed by atoms with Gasteiger partial charge in [0.25, 0.3) is 5.91 Å². The summed E-state index contributed by atoms with van der Waals surface area (Å²) in [7, 11) is 0. The number of aromatic carboxylic acids is 1. The van der Waals surface area contributed by atoms with Gasteiger partial charge in [0.05, 0.1) is 22.9 Å². The van der Waals surface area contributed by atoms with E-state index in [0.717, 1.165) is 5.56 Å². The number of carbonyl (C=O) groups excluding carboxylic acids is 1. The van der Waals surface area contributed by atoms with Gasteiger partial charge in [0.2, 0.25) is 0 Å². The number of carboxylic acid groups (broad SMARTS) is 1. The zero-order chi connectivity index (χ0) is 22.0. The molecule has 4 N–H and O–H groups in total. The Hall–Kier alpha value is -2.96. The van der Waals surface area contributed by atoms with Crippen molar-refractivity contribution in [1.82, 2.24) is 4.57 Å². The number of nitrogens with one attached hydrogen (secondary N) is 1. The smallest absolute Gasteiger partial charge is 0.337 e. The third kappa shape index (κ3) is 4.45. The number of hydrogen-bond donors (Lipinski definition) is 3. The van der Waals surface area contributed by atoms with E-state index in [4.69, 9.17) is 28.9 Å². The van der Waals surface area contributed by atoms with Gasteiger partial charge in [-0.05, 0) is 55.8 Å². The highest BCUT2D eigenvalue weighted by molar-refractivity contribution is 6.31. The van der Waals surface area contributed by atoms with Crippen LogP contribution in [0.3, 0.4) is 0 Å². The third-order valence-corrected chi connectivity index (χ3v) is 5.25. The second kappa shape index (κ2) is 8.81. The van der Waals surface area contributed by atoms with Gasteiger partial charge in [0, 0.05) is 28.0 Å². The molecule has 0 saturated carbocycles. The Morgan fingerprint density at radius 2 is 1.63 bits per heavy atom. The summed E-state index contributed by atoms with van der Waals surface area (Å²) in [5, 5.41) is 14.0. The molecule has 156 valence electrons. The maximum Gasteiger partial charge on any atom is 0.337 e. The van der Waals surface area contributed by atoms with Crippen molar-refractivity contribution in [3.63, 3.8) is 0 Å². The van der Waals surface area contributed by atoms with E-state index in [9.17, 15) is 14.7 Å². The lowest BCUT2D eigenvalue weighted by Gasteiger charge is -2.26. The topological polar surface area (TPSA) is 97.3 Å². The van der Waals surface area contributed by atoms with Gasteiger partial charge in [-0.3, -0.25) is 4.79 Å². The van der Waals surface area contributed by atoms with Gasteiger partial charge in [-0.1, -0.05) is 35.3 Å². The number of hydrogen-bond acceptors (Lipinski definition) is 3. The fourth-order valence-corrected chi connectivity index (χ4v) is 3.66. The molecule has 0 aliphatic carbocycles. The van der Waals surface area contributed by atoms with Crippen LogP contribution >= 0.6 is 23.2 Å². The molecule has 0 bridgehead atoms. The SMILES string of the molecule is CC(C)n1ccc(C(=O)O)c1C(Nc1cc(Cl)ccc1C(N)=O)c1ccc(Cl)cc1. The first-order valence-corrected chi connectivity index (χ1v) is 10.00. The number of nitrogens with zero attached hydrogens (tertiary/aromatic N) is 1. The average Bonchev–Trinajstić information content (AvgIpc) is 3.12. The quantitative estimate of drug-likeness (QED) is 0.454. The minimum absolute atomic E-state index is 0.000303. The number of halogens is 2. The Kier molecular flexibility index (Phi) is 6.39. The zero-order valence-corrected chi connectivity index (χ0v) is 17.9. The van der Waals surface area contributed by atoms with Crippen molar-refractivity contribution >= 4 is 40.8 Å². The minimum atomic E-state index is -1.05. The van der Waals surface area contributed by atoms with E-state index in [0.29, 0.717) is 21.4 Å². The van der Waals surface area contributed by atoms with E-state index >= 15 is 0 Å². The molecule has 1 amide bonds. The summed E-state index contributed by atoms with van der Waals surface area (Å²) in [4.78, 5) is 23.9. The first-order valence-electron chi connectivity index (χ1n) is 9.24. The Morgan fingerprint density at radius 1 is 1.00 bits per heavy atom. The second-order valence-corrected chi connectivity index (χ2v) is 7.98. The van der Waals surface area contributed by atoms with Crippen LogP contribution in [-0.4, -0.2) is 21.6 Å². The maximum absolute atomic E-state index is 12.0. The van der Waals surface area contributed by atoms with Crippen LogP contribution in [-0.2, 0) is 0 Å². The molecule has 1 heterocycles. The Labute approximate surface area is 184 Å². The number of aromatic nitrogens is 1. The fourth-order valence-electron chi connectivity index (χ4n) is 3.37. The summed E-state index contributed by atoms with van der Waals surface area (Å²) >= 11 is 12.2. The van der Waals surface area contributed by atoms with Crippen LogP contribution in [0.15, 0.2) is 54.7 Å². The molecule has 1 atom stereocenters. The normalized spacial score (nSPS) is 12.0. The largest absolute Gasteiger partial charge is 0.478 e. The predicted octanol–water partition coefficient (Wildman–Crippen LogP) is 5.37. The Bertz CT molecular complexity index is 1090. The molecule has 8 heteroatoms. The highest BCUT2D eigenvalue weighted by atomic mass is 35.5. The lowest BCUT2D eigenvalue weighted by atomic mass is 9.99. The molecular weight excluding hydrogens is 425 g/mol. The number of nitrogens with two attached hydrogens (primary N) is 1. The van der Waals surface area contributed by atoms with Gasteiger partial charge in [-0.2, -0.15) is 0 Å². The molecule has 6 nitrogen and oxygen atoms in total. The minimum Gasteiger partial charge on any atom is -0.478 e. The number of primary amides is 1. The Morgan fingerprint density at radius 3 is 2.20 bits per heavy atom. The van der Waals surface area contributed by atoms with Crippen LogP contribution < -0.4 is 11.1 Å². The molecule has 0 aliphatic rings. The molecular formula is C22H21Cl2N3O3. The van der Waals surface area contributed by atoms with Crippen molar-refractivity contribution in [2.45, 2.75) is 25.9 Å². The molecule has 3 rings (SSSR count). The van der Waals surface area contributed by atoms with Gasteiger partial charge in [0.1, 0.15) is 0 Å². The molecule has 0 spiro atoms. The van der Waals surface area contributed by atoms with Crippen molar-refractivity contribution < 1.29 is 14.7 Å². The first-order chi connectivity index (χ1) is 14.2. The van der Waals surface area contributed by atoms with Gasteiger partial charge in [0.15, 0.2) is 0 Å². The average molecular weight is 446 g/mol. The van der Waals surface area contributed by atoms with Gasteiger partial charge in [-0.25, -0.2) is 4.79 Å². The summed E-state index contributed by atoms with van der Waals surface area (Å²) in [6.45, 7) is 3.92. The van der Waals surface area contributed by atoms with Gasteiger partial charge in [-0.15, -0.1) is 0 Å². The van der Waals surface area contributed by atoms with Crippen LogP contribution in [0.5, 0.6) is 0 Å². The lowest BCUT2D eigenvalue weighted by molar-refractivity contribution is 0.0695. The molecule has 0 saturated heterocycles. The van der Waals surface area contributed by atoms with Gasteiger partial charge >= 0.3 is 5.97 Å². The highest BCUT2D eigenvalue weighted by Gasteiger charge is 2.27. The number of anilines is 1. The molecule has 30 heavy (non-hydrogen) atoms. The molecule has 0 aliphatic heterocycles. The second-order valence-electron chi connectivity index (χ2n) is 7.10. The van der Waals surface area contributed by atoms with Gasteiger partial charge < -0.3 is 20.7 Å². The molecule has 3 aromatic rings. The first kappa shape index (κ1) is 21.7. The summed E-state index contributed by atoms with van der Waals surface area (Å²) in [5.74, 6) is -1.67. The van der Waals surface area contributed by atoms with E-state index in [2.05, 4.69) is 5.32 Å². The standard InChI is InChI=1S/C22H21Cl2N3O3/c1-12(2)27-10-9-17(22(29)30)20(27)19(13-3-5-14(23)6-4-13)26-18-11-15(24)7-8-16(18)21(25)28/h3-12,19,26H,1-2H3,(H2,25,28)(H,29,30). The number of benzene rings is 2. The van der Waals surface area contributed by atoms with Crippen molar-refractivity contribution in [2.75, 3.05) is 5.32 Å². The molecule has 0 fully saturated rings. The van der Waals surface area contributed by atoms with Crippen LogP contribution in [0.25, 0.3) is 0 Å². The number of amides is 1. The third-order valence-electron chi connectivity index (χ3n) is 4.77. The number of carbonyl (C=O) groups is 2. The highest BCUT2D eigenvalue weighted by Crippen LogP contribution is 2.34.